The first-order valence-corrected chi connectivity index (χ1v) is 11.3. The topological polar surface area (TPSA) is 49.9 Å². The van der Waals surface area contributed by atoms with E-state index in [9.17, 15) is 22.8 Å². The molecule has 1 aliphatic carbocycles. The smallest absolute Gasteiger partial charge is 0.406 e. The standard InChI is InChI=1S/C25H27F3N2O3/c1-3-9-29(10-4-2)19-11-17-13-21-22(14-18(17)12-19)24(32)30(23(21)31)15-16-5-7-20(8-6-16)33-25(26,27)28/h5-8,13-14,19H,3-4,9-12,15H2,1-2H3. The fourth-order valence-electron chi connectivity index (χ4n) is 4.82. The summed E-state index contributed by atoms with van der Waals surface area (Å²) in [4.78, 5) is 29.7. The molecule has 0 spiro atoms. The molecule has 2 aromatic rings. The van der Waals surface area contributed by atoms with Crippen molar-refractivity contribution < 1.29 is 27.5 Å². The number of benzene rings is 2. The van der Waals surface area contributed by atoms with Gasteiger partial charge < -0.3 is 4.74 Å². The summed E-state index contributed by atoms with van der Waals surface area (Å²) in [6.07, 6.45) is -0.875. The molecule has 2 aromatic carbocycles. The van der Waals surface area contributed by atoms with E-state index in [0.29, 0.717) is 22.7 Å². The number of ether oxygens (including phenoxy) is 1. The monoisotopic (exact) mass is 460 g/mol. The zero-order chi connectivity index (χ0) is 23.8. The third-order valence-electron chi connectivity index (χ3n) is 6.24. The number of alkyl halides is 3. The van der Waals surface area contributed by atoms with Crippen LogP contribution in [0.3, 0.4) is 0 Å². The van der Waals surface area contributed by atoms with Crippen LogP contribution >= 0.6 is 0 Å². The van der Waals surface area contributed by atoms with Gasteiger partial charge in [-0.05, 0) is 79.7 Å². The Hall–Kier alpha value is -2.87. The fraction of sp³-hybridized carbons (Fsp3) is 0.440. The second-order valence-electron chi connectivity index (χ2n) is 8.65. The summed E-state index contributed by atoms with van der Waals surface area (Å²) in [5.74, 6) is -1.08. The first-order chi connectivity index (χ1) is 15.7. The second kappa shape index (κ2) is 9.17. The van der Waals surface area contributed by atoms with Gasteiger partial charge in [0.15, 0.2) is 0 Å². The lowest BCUT2D eigenvalue weighted by Gasteiger charge is -2.27. The van der Waals surface area contributed by atoms with Crippen molar-refractivity contribution in [3.63, 3.8) is 0 Å². The van der Waals surface area contributed by atoms with Crippen LogP contribution in [0, 0.1) is 0 Å². The Morgan fingerprint density at radius 1 is 0.939 bits per heavy atom. The van der Waals surface area contributed by atoms with E-state index in [-0.39, 0.29) is 24.1 Å². The highest BCUT2D eigenvalue weighted by Gasteiger charge is 2.38. The van der Waals surface area contributed by atoms with Crippen LogP contribution in [0.4, 0.5) is 13.2 Å². The molecular formula is C25H27F3N2O3. The van der Waals surface area contributed by atoms with Crippen molar-refractivity contribution in [2.24, 2.45) is 0 Å². The predicted molar refractivity (Wildman–Crippen MR) is 117 cm³/mol. The lowest BCUT2D eigenvalue weighted by molar-refractivity contribution is -0.274. The van der Waals surface area contributed by atoms with Gasteiger partial charge in [0.05, 0.1) is 17.7 Å². The quantitative estimate of drug-likeness (QED) is 0.522. The molecule has 0 aromatic heterocycles. The highest BCUT2D eigenvalue weighted by atomic mass is 19.4. The maximum absolute atomic E-state index is 13.0. The summed E-state index contributed by atoms with van der Waals surface area (Å²) >= 11 is 0. The van der Waals surface area contributed by atoms with E-state index < -0.39 is 6.36 Å². The predicted octanol–water partition coefficient (Wildman–Crippen LogP) is 4.97. The molecule has 2 amide bonds. The third-order valence-corrected chi connectivity index (χ3v) is 6.24. The lowest BCUT2D eigenvalue weighted by Crippen LogP contribution is -2.37. The van der Waals surface area contributed by atoms with Crippen molar-refractivity contribution in [1.29, 1.82) is 0 Å². The normalized spacial score (nSPS) is 16.0. The lowest BCUT2D eigenvalue weighted by atomic mass is 10.0. The van der Waals surface area contributed by atoms with Crippen LogP contribution in [0.1, 0.15) is 64.1 Å². The highest BCUT2D eigenvalue weighted by molar-refractivity contribution is 6.21. The van der Waals surface area contributed by atoms with E-state index >= 15 is 0 Å². The largest absolute Gasteiger partial charge is 0.573 e. The first-order valence-electron chi connectivity index (χ1n) is 11.3. The number of halogens is 3. The first kappa shape index (κ1) is 23.3. The number of carbonyl (C=O) groups excluding carboxylic acids is 2. The molecule has 0 saturated heterocycles. The van der Waals surface area contributed by atoms with Crippen molar-refractivity contribution >= 4 is 11.8 Å². The molecule has 2 aliphatic rings. The second-order valence-corrected chi connectivity index (χ2v) is 8.65. The molecule has 1 aliphatic heterocycles. The molecule has 8 heteroatoms. The van der Waals surface area contributed by atoms with E-state index in [1.54, 1.807) is 0 Å². The SMILES string of the molecule is CCCN(CCC)C1Cc2cc3c(cc2C1)C(=O)N(Cc1ccc(OC(F)(F)F)cc1)C3=O. The average molecular weight is 460 g/mol. The summed E-state index contributed by atoms with van der Waals surface area (Å²) in [5.41, 5.74) is 3.60. The zero-order valence-electron chi connectivity index (χ0n) is 18.7. The van der Waals surface area contributed by atoms with Gasteiger partial charge in [-0.25, -0.2) is 0 Å². The Bertz CT molecular complexity index is 999. The molecule has 0 saturated carbocycles. The van der Waals surface area contributed by atoms with Crippen LogP contribution in [0.15, 0.2) is 36.4 Å². The van der Waals surface area contributed by atoms with Crippen molar-refractivity contribution in [2.75, 3.05) is 13.1 Å². The Morgan fingerprint density at radius 2 is 1.45 bits per heavy atom. The van der Waals surface area contributed by atoms with Crippen molar-refractivity contribution in [2.45, 2.75) is 58.5 Å². The number of hydrogen-bond donors (Lipinski definition) is 0. The molecule has 1 heterocycles. The van der Waals surface area contributed by atoms with Gasteiger partial charge in [-0.3, -0.25) is 19.4 Å². The molecule has 0 bridgehead atoms. The summed E-state index contributed by atoms with van der Waals surface area (Å²) < 4.78 is 40.9. The molecule has 5 nitrogen and oxygen atoms in total. The van der Waals surface area contributed by atoms with E-state index in [0.717, 1.165) is 54.8 Å². The molecule has 33 heavy (non-hydrogen) atoms. The van der Waals surface area contributed by atoms with Gasteiger partial charge in [-0.2, -0.15) is 0 Å². The van der Waals surface area contributed by atoms with Gasteiger partial charge >= 0.3 is 6.36 Å². The van der Waals surface area contributed by atoms with Gasteiger partial charge in [-0.15, -0.1) is 13.2 Å². The number of imide groups is 1. The van der Waals surface area contributed by atoms with Crippen molar-refractivity contribution in [3.8, 4) is 5.75 Å². The number of carbonyl (C=O) groups is 2. The minimum absolute atomic E-state index is 0.00723. The van der Waals surface area contributed by atoms with Crippen LogP contribution in [0.2, 0.25) is 0 Å². The number of rotatable bonds is 8. The third kappa shape index (κ3) is 4.90. The average Bonchev–Trinajstić information content (AvgIpc) is 3.27. The number of amides is 2. The summed E-state index contributed by atoms with van der Waals surface area (Å²) in [6.45, 7) is 6.40. The van der Waals surface area contributed by atoms with Crippen molar-refractivity contribution in [3.05, 3.63) is 64.2 Å². The Morgan fingerprint density at radius 3 is 1.91 bits per heavy atom. The van der Waals surface area contributed by atoms with Crippen LogP contribution in [-0.2, 0) is 19.4 Å². The molecule has 4 rings (SSSR count). The van der Waals surface area contributed by atoms with Crippen molar-refractivity contribution in [1.82, 2.24) is 9.80 Å². The number of nitrogens with zero attached hydrogens (tertiary/aromatic N) is 2. The van der Waals surface area contributed by atoms with Gasteiger partial charge in [0.2, 0.25) is 0 Å². The molecular weight excluding hydrogens is 433 g/mol. The fourth-order valence-corrected chi connectivity index (χ4v) is 4.82. The van der Waals surface area contributed by atoms with E-state index in [2.05, 4.69) is 23.5 Å². The van der Waals surface area contributed by atoms with Crippen LogP contribution in [0.5, 0.6) is 5.75 Å². The molecule has 0 N–H and O–H groups in total. The van der Waals surface area contributed by atoms with Gasteiger partial charge in [0.25, 0.3) is 11.8 Å². The van der Waals surface area contributed by atoms with E-state index in [1.807, 2.05) is 12.1 Å². The Kier molecular flexibility index (Phi) is 6.47. The van der Waals surface area contributed by atoms with Crippen LogP contribution < -0.4 is 4.74 Å². The van der Waals surface area contributed by atoms with Crippen LogP contribution in [0.25, 0.3) is 0 Å². The Labute approximate surface area is 191 Å². The Balaban J connectivity index is 1.48. The zero-order valence-corrected chi connectivity index (χ0v) is 18.7. The molecule has 0 radical (unpaired) electrons. The van der Waals surface area contributed by atoms with Gasteiger partial charge in [0.1, 0.15) is 5.75 Å². The highest BCUT2D eigenvalue weighted by Crippen LogP contribution is 2.33. The summed E-state index contributed by atoms with van der Waals surface area (Å²) in [5, 5.41) is 0. The van der Waals surface area contributed by atoms with E-state index in [4.69, 9.17) is 0 Å². The van der Waals surface area contributed by atoms with E-state index in [1.165, 1.54) is 24.3 Å². The molecule has 176 valence electrons. The van der Waals surface area contributed by atoms with Crippen LogP contribution in [-0.4, -0.2) is 47.1 Å². The summed E-state index contributed by atoms with van der Waals surface area (Å²) in [7, 11) is 0. The minimum Gasteiger partial charge on any atom is -0.406 e. The maximum atomic E-state index is 13.0. The molecule has 0 atom stereocenters. The van der Waals surface area contributed by atoms with Gasteiger partial charge in [0, 0.05) is 6.04 Å². The maximum Gasteiger partial charge on any atom is 0.573 e. The number of fused-ring (bicyclic) bond motifs is 2. The molecule has 0 unspecified atom stereocenters. The minimum atomic E-state index is -4.77. The number of hydrogen-bond acceptors (Lipinski definition) is 4. The summed E-state index contributed by atoms with van der Waals surface area (Å²) in [6, 6.07) is 9.31. The molecule has 0 fully saturated rings. The van der Waals surface area contributed by atoms with Gasteiger partial charge in [-0.1, -0.05) is 26.0 Å².